The van der Waals surface area contributed by atoms with Gasteiger partial charge in [-0.3, -0.25) is 4.79 Å². The molecule has 0 amide bonds. The van der Waals surface area contributed by atoms with Crippen LogP contribution in [0.3, 0.4) is 0 Å². The number of aromatic nitrogens is 2. The molecule has 1 heterocycles. The number of aromatic carboxylic acids is 1. The minimum absolute atomic E-state index is 0.326. The van der Waals surface area contributed by atoms with E-state index in [0.717, 1.165) is 0 Å². The fraction of sp³-hybridized carbons (Fsp3) is 0. The van der Waals surface area contributed by atoms with E-state index in [9.17, 15) is 9.59 Å². The Morgan fingerprint density at radius 3 is 2.33 bits per heavy atom. The second kappa shape index (κ2) is 5.09. The first-order valence-electron chi connectivity index (χ1n) is 5.24. The average molecular weight is 242 g/mol. The summed E-state index contributed by atoms with van der Waals surface area (Å²) in [6.07, 6.45) is 0. The normalized spacial score (nSPS) is 9.78. The topological polar surface area (TPSA) is 83.0 Å². The number of nitrogens with one attached hydrogen (secondary N) is 1. The van der Waals surface area contributed by atoms with Gasteiger partial charge in [0.05, 0.1) is 10.9 Å². The smallest absolute Gasteiger partial charge is 0.372 e. The van der Waals surface area contributed by atoms with Gasteiger partial charge in [0.25, 0.3) is 5.56 Å². The van der Waals surface area contributed by atoms with Crippen molar-refractivity contribution in [1.29, 1.82) is 0 Å². The second-order valence-corrected chi connectivity index (χ2v) is 3.51. The Hall–Kier alpha value is -2.69. The highest BCUT2D eigenvalue weighted by molar-refractivity contribution is 5.86. The Bertz CT molecular complexity index is 706. The first kappa shape index (κ1) is 11.8. The predicted molar refractivity (Wildman–Crippen MR) is 67.0 cm³/mol. The standard InChI is InChI=1S/C13H10N2O3/c16-12-9-7-5-3-1-2-4-6-8-10(9)14-11(15-12)13(17)18/h1-8H,(H,17,18)(H,14,15,16). The largest absolute Gasteiger partial charge is 0.475 e. The van der Waals surface area contributed by atoms with Crippen molar-refractivity contribution in [3.05, 3.63) is 64.7 Å². The summed E-state index contributed by atoms with van der Waals surface area (Å²) in [7, 11) is 0. The molecule has 2 N–H and O–H groups in total. The van der Waals surface area contributed by atoms with Crippen LogP contribution in [0.4, 0.5) is 0 Å². The molecule has 0 aliphatic carbocycles. The van der Waals surface area contributed by atoms with Crippen LogP contribution in [0.25, 0.3) is 10.9 Å². The lowest BCUT2D eigenvalue weighted by Crippen LogP contribution is -2.15. The first-order valence-corrected chi connectivity index (χ1v) is 5.24. The monoisotopic (exact) mass is 242 g/mol. The van der Waals surface area contributed by atoms with Crippen LogP contribution < -0.4 is 5.56 Å². The minimum atomic E-state index is -1.26. The summed E-state index contributed by atoms with van der Waals surface area (Å²) in [6.45, 7) is 0. The molecule has 18 heavy (non-hydrogen) atoms. The zero-order chi connectivity index (χ0) is 13.0. The number of carboxylic acid groups (broad SMARTS) is 1. The molecule has 0 unspecified atom stereocenters. The van der Waals surface area contributed by atoms with E-state index in [1.165, 1.54) is 0 Å². The quantitative estimate of drug-likeness (QED) is 0.797. The molecule has 5 heteroatoms. The Labute approximate surface area is 102 Å². The van der Waals surface area contributed by atoms with Gasteiger partial charge in [0.1, 0.15) is 0 Å². The highest BCUT2D eigenvalue weighted by Gasteiger charge is 2.07. The maximum atomic E-state index is 11.8. The van der Waals surface area contributed by atoms with E-state index in [-0.39, 0.29) is 5.82 Å². The molecule has 1 aromatic heterocycles. The summed E-state index contributed by atoms with van der Waals surface area (Å²) >= 11 is 0. The molecule has 0 fully saturated rings. The molecule has 1 aromatic carbocycles. The maximum Gasteiger partial charge on any atom is 0.372 e. The third kappa shape index (κ3) is 2.52. The lowest BCUT2D eigenvalue weighted by molar-refractivity contribution is 0.0683. The maximum absolute atomic E-state index is 11.8. The molecular weight excluding hydrogens is 232 g/mol. The Balaban J connectivity index is 2.88. The summed E-state index contributed by atoms with van der Waals surface area (Å²) < 4.78 is 0. The van der Waals surface area contributed by atoms with Gasteiger partial charge < -0.3 is 10.1 Å². The highest BCUT2D eigenvalue weighted by Crippen LogP contribution is 2.02. The Morgan fingerprint density at radius 1 is 1.06 bits per heavy atom. The van der Waals surface area contributed by atoms with Crippen molar-refractivity contribution >= 4 is 16.9 Å². The number of hydrogen-bond donors (Lipinski definition) is 2. The molecule has 0 radical (unpaired) electrons. The number of fused-ring (bicyclic) bond motifs is 1. The van der Waals surface area contributed by atoms with E-state index >= 15 is 0 Å². The number of nitrogens with zero attached hydrogens (tertiary/aromatic N) is 1. The van der Waals surface area contributed by atoms with Crippen LogP contribution in [0.5, 0.6) is 0 Å². The molecule has 0 saturated carbocycles. The van der Waals surface area contributed by atoms with Gasteiger partial charge in [-0.1, -0.05) is 36.4 Å². The number of hydrogen-bond acceptors (Lipinski definition) is 3. The van der Waals surface area contributed by atoms with Crippen LogP contribution in [0.15, 0.2) is 53.3 Å². The lowest BCUT2D eigenvalue weighted by atomic mass is 10.3. The number of aromatic amines is 1. The molecule has 90 valence electrons. The van der Waals surface area contributed by atoms with Crippen LogP contribution in [0, 0.1) is 0 Å². The molecule has 0 atom stereocenters. The molecule has 5 nitrogen and oxygen atoms in total. The van der Waals surface area contributed by atoms with Crippen molar-refractivity contribution in [2.45, 2.75) is 0 Å². The SMILES string of the molecule is O=C(O)c1nc2ccccccccc2c(=O)[nH]1. The number of carboxylic acids is 1. The van der Waals surface area contributed by atoms with Crippen LogP contribution >= 0.6 is 0 Å². The van der Waals surface area contributed by atoms with Gasteiger partial charge in [0, 0.05) is 0 Å². The summed E-state index contributed by atoms with van der Waals surface area (Å²) in [5, 5.41) is 9.17. The lowest BCUT2D eigenvalue weighted by Gasteiger charge is -1.95. The van der Waals surface area contributed by atoms with Crippen molar-refractivity contribution < 1.29 is 9.90 Å². The molecule has 0 bridgehead atoms. The van der Waals surface area contributed by atoms with E-state index in [2.05, 4.69) is 9.97 Å². The molecule has 2 rings (SSSR count). The Kier molecular flexibility index (Phi) is 3.33. The summed E-state index contributed by atoms with van der Waals surface area (Å²) in [6, 6.07) is 13.7. The van der Waals surface area contributed by atoms with Crippen LogP contribution in [0.2, 0.25) is 0 Å². The molecule has 2 aromatic rings. The van der Waals surface area contributed by atoms with Gasteiger partial charge in [-0.15, -0.1) is 0 Å². The van der Waals surface area contributed by atoms with Gasteiger partial charge >= 0.3 is 5.97 Å². The van der Waals surface area contributed by atoms with Crippen molar-refractivity contribution in [2.75, 3.05) is 0 Å². The molecule has 0 aliphatic heterocycles. The van der Waals surface area contributed by atoms with E-state index in [0.29, 0.717) is 10.9 Å². The van der Waals surface area contributed by atoms with Gasteiger partial charge in [-0.05, 0) is 12.1 Å². The van der Waals surface area contributed by atoms with Crippen molar-refractivity contribution in [3.63, 3.8) is 0 Å². The van der Waals surface area contributed by atoms with Gasteiger partial charge in [0.15, 0.2) is 0 Å². The van der Waals surface area contributed by atoms with E-state index < -0.39 is 11.5 Å². The predicted octanol–water partition coefficient (Wildman–Crippen LogP) is 1.75. The van der Waals surface area contributed by atoms with E-state index in [1.807, 2.05) is 12.1 Å². The van der Waals surface area contributed by atoms with Crippen molar-refractivity contribution in [3.8, 4) is 0 Å². The van der Waals surface area contributed by atoms with Gasteiger partial charge in [0.2, 0.25) is 5.82 Å². The molecule has 0 saturated heterocycles. The zero-order valence-electron chi connectivity index (χ0n) is 9.33. The zero-order valence-corrected chi connectivity index (χ0v) is 9.33. The number of H-pyrrole nitrogens is 1. The van der Waals surface area contributed by atoms with Crippen LogP contribution in [0.1, 0.15) is 10.6 Å². The minimum Gasteiger partial charge on any atom is -0.475 e. The van der Waals surface area contributed by atoms with E-state index in [4.69, 9.17) is 5.11 Å². The summed E-state index contributed by atoms with van der Waals surface area (Å²) in [5.41, 5.74) is -0.149. The number of carbonyl (C=O) groups is 1. The summed E-state index contributed by atoms with van der Waals surface area (Å²) in [5.74, 6) is -1.63. The number of rotatable bonds is 1. The third-order valence-electron chi connectivity index (χ3n) is 2.26. The fourth-order valence-corrected chi connectivity index (χ4v) is 1.44. The fourth-order valence-electron chi connectivity index (χ4n) is 1.44. The average Bonchev–Trinajstić information content (AvgIpc) is 2.35. The highest BCUT2D eigenvalue weighted by atomic mass is 16.4. The summed E-state index contributed by atoms with van der Waals surface area (Å²) in [4.78, 5) is 28.7. The second-order valence-electron chi connectivity index (χ2n) is 3.51. The molecule has 0 aliphatic rings. The van der Waals surface area contributed by atoms with Crippen molar-refractivity contribution in [2.24, 2.45) is 0 Å². The third-order valence-corrected chi connectivity index (χ3v) is 2.26. The van der Waals surface area contributed by atoms with Crippen molar-refractivity contribution in [1.82, 2.24) is 9.97 Å². The molecular formula is C13H10N2O3. The van der Waals surface area contributed by atoms with Crippen LogP contribution in [-0.4, -0.2) is 21.0 Å². The Morgan fingerprint density at radius 2 is 1.67 bits per heavy atom. The van der Waals surface area contributed by atoms with Crippen LogP contribution in [-0.2, 0) is 0 Å². The van der Waals surface area contributed by atoms with E-state index in [1.54, 1.807) is 36.4 Å². The first-order chi connectivity index (χ1) is 8.68. The van der Waals surface area contributed by atoms with Gasteiger partial charge in [-0.2, -0.15) is 0 Å². The van der Waals surface area contributed by atoms with Gasteiger partial charge in [-0.25, -0.2) is 9.78 Å². The molecule has 0 spiro atoms.